The number of unbranched alkanes of at least 4 members (excludes halogenated alkanes) is 5. The van der Waals surface area contributed by atoms with Crippen LogP contribution in [0.2, 0.25) is 0 Å². The molecule has 0 spiro atoms. The van der Waals surface area contributed by atoms with Crippen molar-refractivity contribution in [2.75, 3.05) is 0 Å². The lowest BCUT2D eigenvalue weighted by molar-refractivity contribution is 0.607. The molecular formula is C13H20N. The highest BCUT2D eigenvalue weighted by Gasteiger charge is 1.93. The Kier molecular flexibility index (Phi) is 6.05. The van der Waals surface area contributed by atoms with Crippen molar-refractivity contribution in [3.63, 3.8) is 0 Å². The monoisotopic (exact) mass is 190 g/mol. The van der Waals surface area contributed by atoms with E-state index in [1.54, 1.807) is 6.20 Å². The van der Waals surface area contributed by atoms with Crippen molar-refractivity contribution in [3.05, 3.63) is 30.1 Å². The maximum absolute atomic E-state index is 3.96. The van der Waals surface area contributed by atoms with E-state index in [9.17, 15) is 0 Å². The van der Waals surface area contributed by atoms with Crippen LogP contribution in [0.5, 0.6) is 0 Å². The Labute approximate surface area is 87.6 Å². The molecule has 0 N–H and O–H groups in total. The number of hydrogen-bond acceptors (Lipinski definition) is 1. The Hall–Kier alpha value is -0.850. The molecule has 1 aromatic rings. The molecule has 0 saturated carbocycles. The molecule has 0 aliphatic heterocycles. The average molecular weight is 190 g/mol. The highest BCUT2D eigenvalue weighted by atomic mass is 14.6. The summed E-state index contributed by atoms with van der Waals surface area (Å²) in [6.07, 6.45) is 12.9. The first-order valence-corrected chi connectivity index (χ1v) is 5.74. The van der Waals surface area contributed by atoms with Gasteiger partial charge in [-0.3, -0.25) is 4.98 Å². The van der Waals surface area contributed by atoms with Gasteiger partial charge in [0.25, 0.3) is 0 Å². The summed E-state index contributed by atoms with van der Waals surface area (Å²) in [6, 6.07) is 5.22. The zero-order valence-electron chi connectivity index (χ0n) is 9.13. The normalized spacial score (nSPS) is 10.4. The van der Waals surface area contributed by atoms with Gasteiger partial charge in [0, 0.05) is 18.5 Å². The second kappa shape index (κ2) is 7.54. The van der Waals surface area contributed by atoms with Crippen molar-refractivity contribution >= 4 is 0 Å². The van der Waals surface area contributed by atoms with E-state index in [-0.39, 0.29) is 0 Å². The van der Waals surface area contributed by atoms with Crippen molar-refractivity contribution in [1.29, 1.82) is 0 Å². The molecule has 0 unspecified atom stereocenters. The van der Waals surface area contributed by atoms with E-state index < -0.39 is 0 Å². The predicted molar refractivity (Wildman–Crippen MR) is 60.2 cm³/mol. The molecule has 1 heterocycles. The van der Waals surface area contributed by atoms with Crippen molar-refractivity contribution in [2.45, 2.75) is 51.9 Å². The van der Waals surface area contributed by atoms with Crippen LogP contribution in [0.1, 0.15) is 51.0 Å². The third-order valence-corrected chi connectivity index (χ3v) is 2.49. The second-order valence-electron chi connectivity index (χ2n) is 3.78. The zero-order valence-corrected chi connectivity index (χ0v) is 9.13. The summed E-state index contributed by atoms with van der Waals surface area (Å²) < 4.78 is 0. The first-order chi connectivity index (χ1) is 6.93. The fourth-order valence-electron chi connectivity index (χ4n) is 1.60. The van der Waals surface area contributed by atoms with Gasteiger partial charge in [-0.25, -0.2) is 0 Å². The lowest BCUT2D eigenvalue weighted by atomic mass is 10.1. The molecule has 1 nitrogen and oxygen atoms in total. The summed E-state index contributed by atoms with van der Waals surface area (Å²) >= 11 is 0. The molecule has 0 aromatic carbocycles. The minimum absolute atomic E-state index is 1.16. The molecule has 0 atom stereocenters. The lowest BCUT2D eigenvalue weighted by Crippen LogP contribution is -1.86. The van der Waals surface area contributed by atoms with Crippen LogP contribution in [0.4, 0.5) is 0 Å². The molecule has 0 aliphatic carbocycles. The largest absolute Gasteiger partial charge is 0.264 e. The summed E-state index contributed by atoms with van der Waals surface area (Å²) in [5.41, 5.74) is 1.30. The van der Waals surface area contributed by atoms with Gasteiger partial charge in [0.1, 0.15) is 0 Å². The molecule has 0 bridgehead atoms. The Balaban J connectivity index is 1.99. The minimum Gasteiger partial charge on any atom is -0.264 e. The first-order valence-electron chi connectivity index (χ1n) is 5.74. The van der Waals surface area contributed by atoms with E-state index in [1.165, 1.54) is 44.1 Å². The van der Waals surface area contributed by atoms with E-state index in [0.717, 1.165) is 6.42 Å². The van der Waals surface area contributed by atoms with E-state index in [4.69, 9.17) is 0 Å². The number of aryl methyl sites for hydroxylation is 1. The van der Waals surface area contributed by atoms with E-state index in [0.29, 0.717) is 0 Å². The van der Waals surface area contributed by atoms with Crippen LogP contribution in [0, 0.1) is 6.07 Å². The quantitative estimate of drug-likeness (QED) is 0.596. The molecule has 1 heteroatoms. The Morgan fingerprint density at radius 3 is 2.64 bits per heavy atom. The van der Waals surface area contributed by atoms with Gasteiger partial charge < -0.3 is 0 Å². The molecule has 14 heavy (non-hydrogen) atoms. The van der Waals surface area contributed by atoms with Gasteiger partial charge in [0.15, 0.2) is 0 Å². The SMILES string of the molecule is CCCCCCCCc1[c]cncc1. The fraction of sp³-hybridized carbons (Fsp3) is 0.615. The molecule has 0 amide bonds. The predicted octanol–water partition coefficient (Wildman–Crippen LogP) is 3.78. The Morgan fingerprint density at radius 1 is 1.14 bits per heavy atom. The number of aromatic nitrogens is 1. The summed E-state index contributed by atoms with van der Waals surface area (Å²) in [5.74, 6) is 0. The summed E-state index contributed by atoms with van der Waals surface area (Å²) in [7, 11) is 0. The number of nitrogens with zero attached hydrogens (tertiary/aromatic N) is 1. The third-order valence-electron chi connectivity index (χ3n) is 2.49. The van der Waals surface area contributed by atoms with Gasteiger partial charge in [0.05, 0.1) is 0 Å². The van der Waals surface area contributed by atoms with Gasteiger partial charge in [-0.15, -0.1) is 0 Å². The second-order valence-corrected chi connectivity index (χ2v) is 3.78. The Bertz CT molecular complexity index is 218. The molecule has 1 aromatic heterocycles. The van der Waals surface area contributed by atoms with Crippen molar-refractivity contribution in [1.82, 2.24) is 4.98 Å². The van der Waals surface area contributed by atoms with Crippen LogP contribution < -0.4 is 0 Å². The molecular weight excluding hydrogens is 170 g/mol. The van der Waals surface area contributed by atoms with E-state index in [2.05, 4.69) is 24.0 Å². The van der Waals surface area contributed by atoms with E-state index >= 15 is 0 Å². The maximum atomic E-state index is 3.96. The van der Waals surface area contributed by atoms with Crippen molar-refractivity contribution in [2.24, 2.45) is 0 Å². The van der Waals surface area contributed by atoms with Gasteiger partial charge in [0.2, 0.25) is 0 Å². The molecule has 0 fully saturated rings. The third kappa shape index (κ3) is 5.00. The van der Waals surface area contributed by atoms with Crippen LogP contribution in [0.3, 0.4) is 0 Å². The van der Waals surface area contributed by atoms with Gasteiger partial charge >= 0.3 is 0 Å². The molecule has 0 saturated heterocycles. The number of hydrogen-bond donors (Lipinski definition) is 0. The summed E-state index contributed by atoms with van der Waals surface area (Å²) in [5, 5.41) is 0. The summed E-state index contributed by atoms with van der Waals surface area (Å²) in [6.45, 7) is 2.26. The minimum atomic E-state index is 1.16. The number of rotatable bonds is 7. The zero-order chi connectivity index (χ0) is 10.1. The average Bonchev–Trinajstić information content (AvgIpc) is 2.25. The van der Waals surface area contributed by atoms with Crippen LogP contribution in [-0.2, 0) is 6.42 Å². The van der Waals surface area contributed by atoms with E-state index in [1.807, 2.05) is 6.20 Å². The van der Waals surface area contributed by atoms with Crippen LogP contribution in [0.25, 0.3) is 0 Å². The van der Waals surface area contributed by atoms with Crippen molar-refractivity contribution in [3.8, 4) is 0 Å². The molecule has 77 valence electrons. The number of pyridine rings is 1. The lowest BCUT2D eigenvalue weighted by Gasteiger charge is -2.00. The highest BCUT2D eigenvalue weighted by molar-refractivity contribution is 5.07. The Morgan fingerprint density at radius 2 is 1.93 bits per heavy atom. The molecule has 1 rings (SSSR count). The highest BCUT2D eigenvalue weighted by Crippen LogP contribution is 2.08. The van der Waals surface area contributed by atoms with Crippen molar-refractivity contribution < 1.29 is 0 Å². The van der Waals surface area contributed by atoms with Crippen LogP contribution in [0.15, 0.2) is 18.5 Å². The van der Waals surface area contributed by atoms with Gasteiger partial charge in [-0.2, -0.15) is 0 Å². The standard InChI is InChI=1S/C13H20N/c1-2-3-4-5-6-7-8-13-9-11-14-12-10-13/h9,11-12H,2-8H2,1H3. The first kappa shape index (κ1) is 11.2. The maximum Gasteiger partial charge on any atom is 0.0349 e. The van der Waals surface area contributed by atoms with Gasteiger partial charge in [-0.05, 0) is 24.5 Å². The van der Waals surface area contributed by atoms with Crippen LogP contribution >= 0.6 is 0 Å². The molecule has 0 aliphatic rings. The van der Waals surface area contributed by atoms with Gasteiger partial charge in [-0.1, -0.05) is 39.0 Å². The molecule has 1 radical (unpaired) electrons. The summed E-state index contributed by atoms with van der Waals surface area (Å²) in [4.78, 5) is 3.96. The topological polar surface area (TPSA) is 12.9 Å². The van der Waals surface area contributed by atoms with Crippen LogP contribution in [-0.4, -0.2) is 4.98 Å². The fourth-order valence-corrected chi connectivity index (χ4v) is 1.60. The smallest absolute Gasteiger partial charge is 0.0349 e.